The fraction of sp³-hybridized carbons (Fsp3) is 0.923. The lowest BCUT2D eigenvalue weighted by molar-refractivity contribution is -0.128. The molecule has 0 atom stereocenters. The molecule has 1 aliphatic rings. The number of nitrogens with two attached hydrogens (primary N) is 1. The predicted molar refractivity (Wildman–Crippen MR) is 70.8 cm³/mol. The van der Waals surface area contributed by atoms with Crippen molar-refractivity contribution in [2.45, 2.75) is 33.6 Å². The van der Waals surface area contributed by atoms with Crippen LogP contribution in [0.15, 0.2) is 0 Å². The van der Waals surface area contributed by atoms with Crippen LogP contribution < -0.4 is 5.73 Å². The van der Waals surface area contributed by atoms with Gasteiger partial charge in [0.15, 0.2) is 0 Å². The molecule has 0 aliphatic carbocycles. The maximum Gasteiger partial charge on any atom is 0.219 e. The van der Waals surface area contributed by atoms with Crippen LogP contribution in [0.5, 0.6) is 0 Å². The zero-order valence-corrected chi connectivity index (χ0v) is 11.5. The van der Waals surface area contributed by atoms with E-state index in [-0.39, 0.29) is 11.3 Å². The monoisotopic (exact) mass is 241 g/mol. The van der Waals surface area contributed by atoms with Crippen molar-refractivity contribution in [2.24, 2.45) is 11.1 Å². The quantitative estimate of drug-likeness (QED) is 0.796. The molecule has 0 radical (unpaired) electrons. The largest absolute Gasteiger partial charge is 0.342 e. The van der Waals surface area contributed by atoms with Gasteiger partial charge in [-0.2, -0.15) is 0 Å². The van der Waals surface area contributed by atoms with E-state index in [0.29, 0.717) is 0 Å². The Balaban J connectivity index is 2.34. The van der Waals surface area contributed by atoms with E-state index in [4.69, 9.17) is 5.73 Å². The third-order valence-corrected chi connectivity index (χ3v) is 3.69. The summed E-state index contributed by atoms with van der Waals surface area (Å²) in [6.07, 6.45) is 2.21. The zero-order valence-electron chi connectivity index (χ0n) is 11.5. The van der Waals surface area contributed by atoms with Gasteiger partial charge in [0.05, 0.1) is 0 Å². The Morgan fingerprint density at radius 2 is 1.94 bits per heavy atom. The zero-order chi connectivity index (χ0) is 12.9. The summed E-state index contributed by atoms with van der Waals surface area (Å²) < 4.78 is 0. The van der Waals surface area contributed by atoms with Crippen molar-refractivity contribution >= 4 is 5.91 Å². The van der Waals surface area contributed by atoms with E-state index in [9.17, 15) is 4.79 Å². The molecule has 1 saturated heterocycles. The number of carbonyl (C=O) groups excluding carboxylic acids is 1. The molecule has 0 unspecified atom stereocenters. The van der Waals surface area contributed by atoms with Crippen LogP contribution in [0, 0.1) is 5.41 Å². The Morgan fingerprint density at radius 3 is 2.53 bits per heavy atom. The summed E-state index contributed by atoms with van der Waals surface area (Å²) in [4.78, 5) is 15.7. The minimum Gasteiger partial charge on any atom is -0.342 e. The van der Waals surface area contributed by atoms with Crippen LogP contribution in [-0.4, -0.2) is 55.0 Å². The first-order valence-corrected chi connectivity index (χ1v) is 6.62. The van der Waals surface area contributed by atoms with Crippen molar-refractivity contribution in [3.05, 3.63) is 0 Å². The SMILES string of the molecule is CC(=O)N1CCCN(CCC(C)(C)CN)CC1. The van der Waals surface area contributed by atoms with Crippen LogP contribution in [-0.2, 0) is 4.79 Å². The Morgan fingerprint density at radius 1 is 1.24 bits per heavy atom. The van der Waals surface area contributed by atoms with Gasteiger partial charge in [0.2, 0.25) is 5.91 Å². The Hall–Kier alpha value is -0.610. The van der Waals surface area contributed by atoms with E-state index in [1.54, 1.807) is 6.92 Å². The van der Waals surface area contributed by atoms with Gasteiger partial charge in [-0.15, -0.1) is 0 Å². The number of nitrogens with zero attached hydrogens (tertiary/aromatic N) is 2. The average molecular weight is 241 g/mol. The highest BCUT2D eigenvalue weighted by molar-refractivity contribution is 5.73. The second-order valence-corrected chi connectivity index (χ2v) is 5.82. The smallest absolute Gasteiger partial charge is 0.219 e. The molecule has 4 heteroatoms. The molecule has 1 aliphatic heterocycles. The van der Waals surface area contributed by atoms with Gasteiger partial charge in [-0.1, -0.05) is 13.8 Å². The highest BCUT2D eigenvalue weighted by atomic mass is 16.2. The van der Waals surface area contributed by atoms with E-state index < -0.39 is 0 Å². The third kappa shape index (κ3) is 5.04. The number of hydrogen-bond acceptors (Lipinski definition) is 3. The maximum absolute atomic E-state index is 11.3. The van der Waals surface area contributed by atoms with Gasteiger partial charge < -0.3 is 15.5 Å². The highest BCUT2D eigenvalue weighted by Crippen LogP contribution is 2.19. The second-order valence-electron chi connectivity index (χ2n) is 5.82. The lowest BCUT2D eigenvalue weighted by Gasteiger charge is -2.27. The van der Waals surface area contributed by atoms with Gasteiger partial charge in [0, 0.05) is 26.6 Å². The van der Waals surface area contributed by atoms with Crippen LogP contribution in [0.25, 0.3) is 0 Å². The molecule has 0 aromatic heterocycles. The average Bonchev–Trinajstić information content (AvgIpc) is 2.52. The maximum atomic E-state index is 11.3. The summed E-state index contributed by atoms with van der Waals surface area (Å²) in [5.74, 6) is 0.203. The van der Waals surface area contributed by atoms with E-state index in [1.807, 2.05) is 4.90 Å². The summed E-state index contributed by atoms with van der Waals surface area (Å²) >= 11 is 0. The van der Waals surface area contributed by atoms with E-state index in [0.717, 1.165) is 52.1 Å². The summed E-state index contributed by atoms with van der Waals surface area (Å²) in [6, 6.07) is 0. The summed E-state index contributed by atoms with van der Waals surface area (Å²) in [7, 11) is 0. The van der Waals surface area contributed by atoms with Gasteiger partial charge >= 0.3 is 0 Å². The van der Waals surface area contributed by atoms with Crippen LogP contribution in [0.4, 0.5) is 0 Å². The molecular weight excluding hydrogens is 214 g/mol. The number of rotatable bonds is 4. The first kappa shape index (κ1) is 14.5. The molecule has 1 fully saturated rings. The van der Waals surface area contributed by atoms with Crippen molar-refractivity contribution in [3.63, 3.8) is 0 Å². The molecule has 100 valence electrons. The van der Waals surface area contributed by atoms with Gasteiger partial charge in [0.1, 0.15) is 0 Å². The van der Waals surface area contributed by atoms with Gasteiger partial charge in [-0.05, 0) is 37.9 Å². The molecular formula is C13H27N3O. The van der Waals surface area contributed by atoms with Crippen molar-refractivity contribution < 1.29 is 4.79 Å². The first-order valence-electron chi connectivity index (χ1n) is 6.62. The van der Waals surface area contributed by atoms with Crippen molar-refractivity contribution in [2.75, 3.05) is 39.3 Å². The van der Waals surface area contributed by atoms with E-state index in [2.05, 4.69) is 18.7 Å². The van der Waals surface area contributed by atoms with E-state index in [1.165, 1.54) is 0 Å². The minimum absolute atomic E-state index is 0.203. The van der Waals surface area contributed by atoms with Crippen molar-refractivity contribution in [3.8, 4) is 0 Å². The molecule has 1 amide bonds. The minimum atomic E-state index is 0.203. The molecule has 2 N–H and O–H groups in total. The third-order valence-electron chi connectivity index (χ3n) is 3.69. The van der Waals surface area contributed by atoms with Gasteiger partial charge in [-0.3, -0.25) is 4.79 Å². The predicted octanol–water partition coefficient (Wildman–Crippen LogP) is 0.916. The number of carbonyl (C=O) groups is 1. The number of amides is 1. The van der Waals surface area contributed by atoms with Crippen LogP contribution in [0.3, 0.4) is 0 Å². The molecule has 1 heterocycles. The summed E-state index contributed by atoms with van der Waals surface area (Å²) in [5, 5.41) is 0. The van der Waals surface area contributed by atoms with Crippen molar-refractivity contribution in [1.82, 2.24) is 9.80 Å². The highest BCUT2D eigenvalue weighted by Gasteiger charge is 2.20. The van der Waals surface area contributed by atoms with Crippen LogP contribution in [0.2, 0.25) is 0 Å². The molecule has 0 bridgehead atoms. The van der Waals surface area contributed by atoms with Crippen molar-refractivity contribution in [1.29, 1.82) is 0 Å². The topological polar surface area (TPSA) is 49.6 Å². The lowest BCUT2D eigenvalue weighted by atomic mass is 9.89. The second kappa shape index (κ2) is 6.36. The Labute approximate surface area is 105 Å². The molecule has 0 spiro atoms. The van der Waals surface area contributed by atoms with Gasteiger partial charge in [-0.25, -0.2) is 0 Å². The van der Waals surface area contributed by atoms with E-state index >= 15 is 0 Å². The molecule has 4 nitrogen and oxygen atoms in total. The normalized spacial score (nSPS) is 19.2. The number of hydrogen-bond donors (Lipinski definition) is 1. The Bertz CT molecular complexity index is 253. The molecule has 0 aromatic rings. The van der Waals surface area contributed by atoms with Crippen LogP contribution >= 0.6 is 0 Å². The fourth-order valence-electron chi connectivity index (χ4n) is 2.07. The van der Waals surface area contributed by atoms with Crippen LogP contribution in [0.1, 0.15) is 33.6 Å². The lowest BCUT2D eigenvalue weighted by Crippen LogP contribution is -2.35. The summed E-state index contributed by atoms with van der Waals surface area (Å²) in [6.45, 7) is 11.8. The molecule has 1 rings (SSSR count). The Kier molecular flexibility index (Phi) is 5.40. The van der Waals surface area contributed by atoms with Gasteiger partial charge in [0.25, 0.3) is 0 Å². The molecule has 17 heavy (non-hydrogen) atoms. The fourth-order valence-corrected chi connectivity index (χ4v) is 2.07. The summed E-state index contributed by atoms with van der Waals surface area (Å²) in [5.41, 5.74) is 5.97. The standard InChI is InChI=1S/C13H27N3O/c1-12(17)16-7-4-6-15(9-10-16)8-5-13(2,3)11-14/h4-11,14H2,1-3H3. The molecule has 0 saturated carbocycles. The molecule has 0 aromatic carbocycles. The first-order chi connectivity index (χ1) is 7.94.